The summed E-state index contributed by atoms with van der Waals surface area (Å²) in [5.41, 5.74) is 1.60. The number of hydrogen-bond donors (Lipinski definition) is 1. The number of benzene rings is 1. The highest BCUT2D eigenvalue weighted by Gasteiger charge is 2.42. The van der Waals surface area contributed by atoms with Crippen LogP contribution in [0.2, 0.25) is 0 Å². The zero-order chi connectivity index (χ0) is 28.3. The second-order valence-corrected chi connectivity index (χ2v) is 10.8. The Morgan fingerprint density at radius 2 is 1.85 bits per heavy atom. The van der Waals surface area contributed by atoms with Crippen molar-refractivity contribution in [2.45, 2.75) is 75.6 Å². The first-order chi connectivity index (χ1) is 19.7. The molecule has 0 amide bonds. The van der Waals surface area contributed by atoms with Gasteiger partial charge < -0.3 is 24.0 Å². The molecule has 10 nitrogen and oxygen atoms in total. The van der Waals surface area contributed by atoms with Gasteiger partial charge in [0.05, 0.1) is 12.7 Å². The maximum atomic E-state index is 13.1. The molecule has 3 fully saturated rings. The molecule has 1 aliphatic carbocycles. The molecule has 2 saturated heterocycles. The van der Waals surface area contributed by atoms with Gasteiger partial charge in [0.1, 0.15) is 23.0 Å². The van der Waals surface area contributed by atoms with E-state index in [-0.39, 0.29) is 47.7 Å². The van der Waals surface area contributed by atoms with Crippen LogP contribution in [0, 0.1) is 0 Å². The molecule has 13 heteroatoms. The monoisotopic (exact) mass is 569 g/mol. The van der Waals surface area contributed by atoms with E-state index in [1.165, 1.54) is 22.7 Å². The summed E-state index contributed by atoms with van der Waals surface area (Å²) in [6.07, 6.45) is 2.18. The van der Waals surface area contributed by atoms with Gasteiger partial charge in [-0.2, -0.15) is 5.10 Å². The normalized spacial score (nSPS) is 22.4. The summed E-state index contributed by atoms with van der Waals surface area (Å²) in [4.78, 5) is 18.3. The maximum Gasteiger partial charge on any atom is 0.573 e. The van der Waals surface area contributed by atoms with Crippen LogP contribution in [0.4, 0.5) is 19.0 Å². The minimum absolute atomic E-state index is 0.0578. The topological polar surface area (TPSA) is 115 Å². The predicted octanol–water partition coefficient (Wildman–Crippen LogP) is 5.58. The van der Waals surface area contributed by atoms with E-state index in [0.717, 1.165) is 44.3 Å². The maximum absolute atomic E-state index is 13.1. The Kier molecular flexibility index (Phi) is 6.14. The minimum Gasteiger partial charge on any atom is -0.476 e. The highest BCUT2D eigenvalue weighted by molar-refractivity contribution is 5.86. The number of fused-ring (bicyclic) bond motifs is 3. The van der Waals surface area contributed by atoms with Crippen LogP contribution in [-0.4, -0.2) is 55.4 Å². The molecule has 4 aromatic rings. The number of hydrogen-bond acceptors (Lipinski definition) is 8. The summed E-state index contributed by atoms with van der Waals surface area (Å²) in [5, 5.41) is 17.4. The highest BCUT2D eigenvalue weighted by Crippen LogP contribution is 2.46. The highest BCUT2D eigenvalue weighted by atomic mass is 19.4. The third kappa shape index (κ3) is 4.98. The van der Waals surface area contributed by atoms with Crippen LogP contribution in [-0.2, 0) is 11.3 Å². The molecular formula is C28H26F3N5O5. The lowest BCUT2D eigenvalue weighted by Gasteiger charge is -2.39. The van der Waals surface area contributed by atoms with E-state index >= 15 is 0 Å². The van der Waals surface area contributed by atoms with Crippen molar-refractivity contribution in [3.63, 3.8) is 0 Å². The molecule has 2 unspecified atom stereocenters. The van der Waals surface area contributed by atoms with Crippen molar-refractivity contribution in [1.82, 2.24) is 19.8 Å². The van der Waals surface area contributed by atoms with Gasteiger partial charge in [-0.15, -0.1) is 13.2 Å². The molecule has 1 saturated carbocycles. The molecule has 1 aromatic carbocycles. The van der Waals surface area contributed by atoms with E-state index in [4.69, 9.17) is 9.26 Å². The standard InChI is InChI=1S/C28H26F3N5O5/c29-28(30,31)40-22-4-2-1-3-19(22)25-20(26(41-34-25)15-5-6-15)14-39-18-11-16-7-8-17(12-18)36(16)23-9-10-35-24(32-23)13-21(33-35)27(37)38/h1-4,9-10,13,15-18H,5-8,11-12,14H2,(H,37,38)/t16-,17?,18?/m0/s1. The summed E-state index contributed by atoms with van der Waals surface area (Å²) < 4.78 is 57.1. The number of anilines is 1. The van der Waals surface area contributed by atoms with Crippen LogP contribution in [0.15, 0.2) is 47.1 Å². The van der Waals surface area contributed by atoms with E-state index < -0.39 is 12.3 Å². The van der Waals surface area contributed by atoms with Gasteiger partial charge in [0, 0.05) is 41.4 Å². The molecule has 1 N–H and O–H groups in total. The number of ether oxygens (including phenoxy) is 2. The fraction of sp³-hybridized carbons (Fsp3) is 0.429. The molecule has 2 aliphatic heterocycles. The summed E-state index contributed by atoms with van der Waals surface area (Å²) in [7, 11) is 0. The predicted molar refractivity (Wildman–Crippen MR) is 138 cm³/mol. The first kappa shape index (κ1) is 25.8. The second-order valence-electron chi connectivity index (χ2n) is 10.8. The van der Waals surface area contributed by atoms with Crippen LogP contribution in [0.5, 0.6) is 5.75 Å². The fourth-order valence-electron chi connectivity index (χ4n) is 6.17. The van der Waals surface area contributed by atoms with Crippen molar-refractivity contribution in [2.24, 2.45) is 0 Å². The Morgan fingerprint density at radius 3 is 2.56 bits per heavy atom. The zero-order valence-corrected chi connectivity index (χ0v) is 21.8. The van der Waals surface area contributed by atoms with Gasteiger partial charge in [-0.3, -0.25) is 0 Å². The van der Waals surface area contributed by atoms with Crippen LogP contribution in [0.3, 0.4) is 0 Å². The lowest BCUT2D eigenvalue weighted by atomic mass is 9.99. The van der Waals surface area contributed by atoms with Crippen molar-refractivity contribution in [2.75, 3.05) is 4.90 Å². The van der Waals surface area contributed by atoms with E-state index in [1.807, 2.05) is 6.07 Å². The van der Waals surface area contributed by atoms with Crippen molar-refractivity contribution < 1.29 is 37.1 Å². The Labute approximate surface area is 231 Å². The van der Waals surface area contributed by atoms with Gasteiger partial charge in [-0.1, -0.05) is 17.3 Å². The Morgan fingerprint density at radius 1 is 1.10 bits per heavy atom. The average Bonchev–Trinajstić information content (AvgIpc) is 3.44. The molecule has 7 rings (SSSR count). The summed E-state index contributed by atoms with van der Waals surface area (Å²) in [6, 6.07) is 9.63. The smallest absolute Gasteiger partial charge is 0.476 e. The molecule has 3 aliphatic rings. The van der Waals surface area contributed by atoms with Gasteiger partial charge in [-0.25, -0.2) is 14.3 Å². The molecule has 41 heavy (non-hydrogen) atoms. The Balaban J connectivity index is 1.09. The van der Waals surface area contributed by atoms with Crippen molar-refractivity contribution in [1.29, 1.82) is 0 Å². The largest absolute Gasteiger partial charge is 0.573 e. The quantitative estimate of drug-likeness (QED) is 0.291. The molecule has 0 spiro atoms. The molecule has 5 heterocycles. The zero-order valence-electron chi connectivity index (χ0n) is 21.8. The van der Waals surface area contributed by atoms with Gasteiger partial charge in [0.25, 0.3) is 0 Å². The number of carbonyl (C=O) groups is 1. The molecule has 2 bridgehead atoms. The lowest BCUT2D eigenvalue weighted by Crippen LogP contribution is -2.46. The number of alkyl halides is 3. The molecule has 214 valence electrons. The Hall–Kier alpha value is -4.13. The number of carboxylic acids is 1. The van der Waals surface area contributed by atoms with Crippen molar-refractivity contribution >= 4 is 17.4 Å². The third-order valence-corrected chi connectivity index (χ3v) is 8.08. The molecular weight excluding hydrogens is 543 g/mol. The number of halogens is 3. The lowest BCUT2D eigenvalue weighted by molar-refractivity contribution is -0.274. The van der Waals surface area contributed by atoms with Crippen LogP contribution < -0.4 is 9.64 Å². The number of nitrogens with zero attached hydrogens (tertiary/aromatic N) is 5. The van der Waals surface area contributed by atoms with E-state index in [9.17, 15) is 23.1 Å². The van der Waals surface area contributed by atoms with E-state index in [1.54, 1.807) is 18.3 Å². The number of aromatic carboxylic acids is 1. The summed E-state index contributed by atoms with van der Waals surface area (Å²) >= 11 is 0. The van der Waals surface area contributed by atoms with Crippen LogP contribution >= 0.6 is 0 Å². The van der Waals surface area contributed by atoms with Gasteiger partial charge in [-0.05, 0) is 56.7 Å². The van der Waals surface area contributed by atoms with Gasteiger partial charge in [0.15, 0.2) is 11.3 Å². The molecule has 3 atom stereocenters. The second kappa shape index (κ2) is 9.75. The number of piperidine rings is 1. The number of carboxylic acid groups (broad SMARTS) is 1. The SMILES string of the molecule is O=C(O)c1cc2nc(N3C4CC[C@H]3CC(OCc3c(-c5ccccc5OC(F)(F)F)noc3C3CC3)C4)ccn2n1. The van der Waals surface area contributed by atoms with E-state index in [2.05, 4.69) is 24.9 Å². The van der Waals surface area contributed by atoms with Crippen molar-refractivity contribution in [3.05, 3.63) is 59.6 Å². The number of aromatic nitrogens is 4. The average molecular weight is 570 g/mol. The Bertz CT molecular complexity index is 1600. The molecule has 3 aromatic heterocycles. The molecule has 0 radical (unpaired) electrons. The summed E-state index contributed by atoms with van der Waals surface area (Å²) in [5.74, 6) is 0.198. The van der Waals surface area contributed by atoms with Crippen LogP contribution in [0.1, 0.15) is 66.3 Å². The van der Waals surface area contributed by atoms with E-state index in [0.29, 0.717) is 22.7 Å². The first-order valence-corrected chi connectivity index (χ1v) is 13.6. The van der Waals surface area contributed by atoms with Gasteiger partial charge >= 0.3 is 12.3 Å². The number of para-hydroxylation sites is 1. The minimum atomic E-state index is -4.83. The van der Waals surface area contributed by atoms with Crippen LogP contribution in [0.25, 0.3) is 16.9 Å². The third-order valence-electron chi connectivity index (χ3n) is 8.08. The van der Waals surface area contributed by atoms with Gasteiger partial charge in [0.2, 0.25) is 0 Å². The first-order valence-electron chi connectivity index (χ1n) is 13.6. The van der Waals surface area contributed by atoms with Crippen molar-refractivity contribution in [3.8, 4) is 17.0 Å². The summed E-state index contributed by atoms with van der Waals surface area (Å²) in [6.45, 7) is 0.174. The fourth-order valence-corrected chi connectivity index (χ4v) is 6.17. The number of rotatable bonds is 8.